The maximum atomic E-state index is 12.5. The van der Waals surface area contributed by atoms with Gasteiger partial charge in [0.2, 0.25) is 15.9 Å². The lowest BCUT2D eigenvalue weighted by Gasteiger charge is -2.33. The number of sulfonamides is 1. The second-order valence-corrected chi connectivity index (χ2v) is 8.54. The molecule has 128 valence electrons. The molecular weight excluding hydrogens is 312 g/mol. The van der Waals surface area contributed by atoms with Crippen molar-refractivity contribution in [1.29, 1.82) is 0 Å². The summed E-state index contributed by atoms with van der Waals surface area (Å²) in [6, 6.07) is 6.29. The fourth-order valence-corrected chi connectivity index (χ4v) is 3.61. The molecule has 1 aromatic carbocycles. The standard InChI is InChI=1S/C17H26N2O3S/c1-13(2)15-6-5-14(3)16(11-15)12-17(20)18-7-9-19(10-8-18)23(4,21)22/h5-6,11,13H,7-10,12H2,1-4H3. The molecule has 0 saturated carbocycles. The van der Waals surface area contributed by atoms with Gasteiger partial charge in [0.1, 0.15) is 0 Å². The summed E-state index contributed by atoms with van der Waals surface area (Å²) in [5.74, 6) is 0.505. The van der Waals surface area contributed by atoms with E-state index in [1.54, 1.807) is 4.90 Å². The molecular formula is C17H26N2O3S. The molecule has 1 aromatic rings. The normalized spacial score (nSPS) is 16.8. The lowest BCUT2D eigenvalue weighted by molar-refractivity contribution is -0.131. The third-order valence-corrected chi connectivity index (χ3v) is 5.75. The van der Waals surface area contributed by atoms with Crippen molar-refractivity contribution < 1.29 is 13.2 Å². The van der Waals surface area contributed by atoms with Gasteiger partial charge in [0, 0.05) is 26.2 Å². The first-order chi connectivity index (χ1) is 10.7. The minimum absolute atomic E-state index is 0.0714. The van der Waals surface area contributed by atoms with Crippen LogP contribution in [0.5, 0.6) is 0 Å². The van der Waals surface area contributed by atoms with Gasteiger partial charge >= 0.3 is 0 Å². The van der Waals surface area contributed by atoms with Crippen LogP contribution in [-0.2, 0) is 21.2 Å². The van der Waals surface area contributed by atoms with E-state index in [-0.39, 0.29) is 5.91 Å². The van der Waals surface area contributed by atoms with Crippen LogP contribution >= 0.6 is 0 Å². The number of benzene rings is 1. The number of rotatable bonds is 4. The van der Waals surface area contributed by atoms with Crippen LogP contribution in [0.4, 0.5) is 0 Å². The highest BCUT2D eigenvalue weighted by atomic mass is 32.2. The summed E-state index contributed by atoms with van der Waals surface area (Å²) in [6.07, 6.45) is 1.59. The van der Waals surface area contributed by atoms with Crippen molar-refractivity contribution in [3.05, 3.63) is 34.9 Å². The third kappa shape index (κ3) is 4.54. The first-order valence-corrected chi connectivity index (χ1v) is 9.85. The molecule has 1 aliphatic rings. The molecule has 0 bridgehead atoms. The van der Waals surface area contributed by atoms with Gasteiger partial charge in [-0.25, -0.2) is 8.42 Å². The molecule has 0 N–H and O–H groups in total. The van der Waals surface area contributed by atoms with E-state index in [1.807, 2.05) is 6.92 Å². The Morgan fingerprint density at radius 3 is 2.30 bits per heavy atom. The van der Waals surface area contributed by atoms with Gasteiger partial charge in [-0.3, -0.25) is 4.79 Å². The Balaban J connectivity index is 2.02. The number of nitrogens with zero attached hydrogens (tertiary/aromatic N) is 2. The first kappa shape index (κ1) is 17.9. The van der Waals surface area contributed by atoms with Gasteiger partial charge < -0.3 is 4.90 Å². The number of aryl methyl sites for hydroxylation is 1. The zero-order chi connectivity index (χ0) is 17.2. The summed E-state index contributed by atoms with van der Waals surface area (Å²) in [4.78, 5) is 14.3. The van der Waals surface area contributed by atoms with Crippen LogP contribution in [0.15, 0.2) is 18.2 Å². The number of amides is 1. The van der Waals surface area contributed by atoms with Crippen LogP contribution in [0.2, 0.25) is 0 Å². The van der Waals surface area contributed by atoms with Gasteiger partial charge in [0.15, 0.2) is 0 Å². The lowest BCUT2D eigenvalue weighted by atomic mass is 9.96. The fraction of sp³-hybridized carbons (Fsp3) is 0.588. The summed E-state index contributed by atoms with van der Waals surface area (Å²) < 4.78 is 24.5. The Bertz CT molecular complexity index is 675. The number of hydrogen-bond acceptors (Lipinski definition) is 3. The van der Waals surface area contributed by atoms with Crippen molar-refractivity contribution in [2.75, 3.05) is 32.4 Å². The molecule has 1 aliphatic heterocycles. The highest BCUT2D eigenvalue weighted by molar-refractivity contribution is 7.88. The van der Waals surface area contributed by atoms with Gasteiger partial charge in [0.05, 0.1) is 12.7 Å². The molecule has 0 aromatic heterocycles. The van der Waals surface area contributed by atoms with Crippen molar-refractivity contribution in [2.45, 2.75) is 33.1 Å². The first-order valence-electron chi connectivity index (χ1n) is 8.01. The molecule has 5 nitrogen and oxygen atoms in total. The van der Waals surface area contributed by atoms with Crippen LogP contribution in [0.3, 0.4) is 0 Å². The highest BCUT2D eigenvalue weighted by Gasteiger charge is 2.26. The van der Waals surface area contributed by atoms with Crippen LogP contribution in [0.25, 0.3) is 0 Å². The highest BCUT2D eigenvalue weighted by Crippen LogP contribution is 2.20. The third-order valence-electron chi connectivity index (χ3n) is 4.44. The van der Waals surface area contributed by atoms with E-state index >= 15 is 0 Å². The van der Waals surface area contributed by atoms with E-state index in [1.165, 1.54) is 16.1 Å². The van der Waals surface area contributed by atoms with Crippen LogP contribution in [-0.4, -0.2) is 56.0 Å². The Kier molecular flexibility index (Phi) is 5.47. The van der Waals surface area contributed by atoms with Gasteiger partial charge in [-0.05, 0) is 29.5 Å². The molecule has 1 fully saturated rings. The predicted octanol–water partition coefficient (Wildman–Crippen LogP) is 1.76. The summed E-state index contributed by atoms with van der Waals surface area (Å²) in [5.41, 5.74) is 3.42. The van der Waals surface area contributed by atoms with Crippen molar-refractivity contribution in [3.8, 4) is 0 Å². The average molecular weight is 338 g/mol. The number of carbonyl (C=O) groups is 1. The predicted molar refractivity (Wildman–Crippen MR) is 92.0 cm³/mol. The van der Waals surface area contributed by atoms with Gasteiger partial charge in [0.25, 0.3) is 0 Å². The Morgan fingerprint density at radius 2 is 1.78 bits per heavy atom. The second-order valence-electron chi connectivity index (χ2n) is 6.56. The minimum atomic E-state index is -3.16. The van der Waals surface area contributed by atoms with Crippen LogP contribution in [0, 0.1) is 6.92 Å². The summed E-state index contributed by atoms with van der Waals surface area (Å²) in [7, 11) is -3.16. The molecule has 2 rings (SSSR count). The SMILES string of the molecule is Cc1ccc(C(C)C)cc1CC(=O)N1CCN(S(C)(=O)=O)CC1. The summed E-state index contributed by atoms with van der Waals surface area (Å²) >= 11 is 0. The molecule has 1 heterocycles. The second kappa shape index (κ2) is 7.01. The zero-order valence-electron chi connectivity index (χ0n) is 14.4. The molecule has 1 saturated heterocycles. The average Bonchev–Trinajstić information content (AvgIpc) is 2.48. The van der Waals surface area contributed by atoms with Gasteiger partial charge in [-0.15, -0.1) is 0 Å². The maximum Gasteiger partial charge on any atom is 0.227 e. The molecule has 23 heavy (non-hydrogen) atoms. The topological polar surface area (TPSA) is 57.7 Å². The van der Waals surface area contributed by atoms with E-state index in [9.17, 15) is 13.2 Å². The van der Waals surface area contributed by atoms with Crippen LogP contribution < -0.4 is 0 Å². The molecule has 6 heteroatoms. The van der Waals surface area contributed by atoms with Crippen molar-refractivity contribution >= 4 is 15.9 Å². The van der Waals surface area contributed by atoms with Crippen molar-refractivity contribution in [3.63, 3.8) is 0 Å². The Morgan fingerprint density at radius 1 is 1.17 bits per heavy atom. The number of hydrogen-bond donors (Lipinski definition) is 0. The van der Waals surface area contributed by atoms with E-state index in [0.29, 0.717) is 38.5 Å². The molecule has 0 spiro atoms. The van der Waals surface area contributed by atoms with Gasteiger partial charge in [-0.1, -0.05) is 32.0 Å². The van der Waals surface area contributed by atoms with E-state index in [2.05, 4.69) is 32.0 Å². The van der Waals surface area contributed by atoms with Crippen molar-refractivity contribution in [1.82, 2.24) is 9.21 Å². The monoisotopic (exact) mass is 338 g/mol. The van der Waals surface area contributed by atoms with Gasteiger partial charge in [-0.2, -0.15) is 4.31 Å². The largest absolute Gasteiger partial charge is 0.340 e. The lowest BCUT2D eigenvalue weighted by Crippen LogP contribution is -2.50. The van der Waals surface area contributed by atoms with E-state index in [0.717, 1.165) is 11.1 Å². The molecule has 0 radical (unpaired) electrons. The Hall–Kier alpha value is -1.40. The van der Waals surface area contributed by atoms with E-state index < -0.39 is 10.0 Å². The smallest absolute Gasteiger partial charge is 0.227 e. The quantitative estimate of drug-likeness (QED) is 0.841. The van der Waals surface area contributed by atoms with E-state index in [4.69, 9.17) is 0 Å². The Labute approximate surface area is 139 Å². The molecule has 0 unspecified atom stereocenters. The molecule has 0 aliphatic carbocycles. The van der Waals surface area contributed by atoms with Crippen LogP contribution in [0.1, 0.15) is 36.5 Å². The van der Waals surface area contributed by atoms with Crippen molar-refractivity contribution in [2.24, 2.45) is 0 Å². The number of carbonyl (C=O) groups excluding carboxylic acids is 1. The fourth-order valence-electron chi connectivity index (χ4n) is 2.78. The molecule has 0 atom stereocenters. The minimum Gasteiger partial charge on any atom is -0.340 e. The molecule has 1 amide bonds. The summed E-state index contributed by atoms with van der Waals surface area (Å²) in [6.45, 7) is 8.00. The summed E-state index contributed by atoms with van der Waals surface area (Å²) in [5, 5.41) is 0. The zero-order valence-corrected chi connectivity index (χ0v) is 15.2. The maximum absolute atomic E-state index is 12.5. The number of piperazine rings is 1.